The van der Waals surface area contributed by atoms with Gasteiger partial charge >= 0.3 is 0 Å². The van der Waals surface area contributed by atoms with Crippen LogP contribution in [0.15, 0.2) is 211 Å². The van der Waals surface area contributed by atoms with Crippen molar-refractivity contribution in [2.24, 2.45) is 0 Å². The van der Waals surface area contributed by atoms with Crippen LogP contribution in [0.25, 0.3) is 111 Å². The maximum Gasteiger partial charge on any atom is 0.164 e. The number of aryl methyl sites for hydroxylation is 1. The minimum absolute atomic E-state index is 0.0562. The molecule has 2 aromatic heterocycles. The van der Waals surface area contributed by atoms with Crippen LogP contribution in [0.2, 0.25) is 0 Å². The van der Waals surface area contributed by atoms with E-state index in [-0.39, 0.29) is 5.92 Å². The van der Waals surface area contributed by atoms with Crippen molar-refractivity contribution in [3.8, 4) is 56.4 Å². The molecule has 0 amide bonds. The van der Waals surface area contributed by atoms with Crippen molar-refractivity contribution < 1.29 is 4.42 Å². The van der Waals surface area contributed by atoms with Crippen LogP contribution in [0.3, 0.4) is 0 Å². The zero-order chi connectivity index (χ0) is 42.1. The predicted octanol–water partition coefficient (Wildman–Crippen LogP) is 15.6. The Bertz CT molecular complexity index is 3800. The molecule has 0 N–H and O–H groups in total. The lowest BCUT2D eigenvalue weighted by Gasteiger charge is -2.21. The molecule has 1 atom stereocenters. The third-order valence-corrected chi connectivity index (χ3v) is 13.3. The summed E-state index contributed by atoms with van der Waals surface area (Å²) in [7, 11) is 0. The maximum atomic E-state index is 7.09. The van der Waals surface area contributed by atoms with Crippen molar-refractivity contribution >= 4 is 54.3 Å². The number of aromatic nitrogens is 3. The van der Waals surface area contributed by atoms with Crippen molar-refractivity contribution in [2.45, 2.75) is 18.8 Å². The molecule has 10 aromatic carbocycles. The zero-order valence-corrected chi connectivity index (χ0v) is 34.9. The summed E-state index contributed by atoms with van der Waals surface area (Å²) < 4.78 is 7.09. The van der Waals surface area contributed by atoms with Crippen LogP contribution in [0.4, 0.5) is 0 Å². The van der Waals surface area contributed by atoms with Crippen molar-refractivity contribution in [1.29, 1.82) is 0 Å². The van der Waals surface area contributed by atoms with Gasteiger partial charge in [-0.15, -0.1) is 0 Å². The molecular formula is C60H39N3O. The number of fused-ring (bicyclic) bond motifs is 10. The lowest BCUT2D eigenvalue weighted by atomic mass is 9.83. The minimum Gasteiger partial charge on any atom is -0.455 e. The number of benzene rings is 10. The molecule has 4 heteroatoms. The van der Waals surface area contributed by atoms with E-state index in [0.717, 1.165) is 73.4 Å². The molecule has 0 fully saturated rings. The fourth-order valence-electron chi connectivity index (χ4n) is 10.2. The van der Waals surface area contributed by atoms with E-state index in [9.17, 15) is 0 Å². The van der Waals surface area contributed by atoms with Gasteiger partial charge in [-0.05, 0) is 121 Å². The summed E-state index contributed by atoms with van der Waals surface area (Å²) in [6.07, 6.45) is 1.86. The molecule has 1 aliphatic carbocycles. The number of furan rings is 1. The third-order valence-electron chi connectivity index (χ3n) is 13.3. The highest BCUT2D eigenvalue weighted by Gasteiger charge is 2.28. The first kappa shape index (κ1) is 36.4. The Morgan fingerprint density at radius 2 is 0.984 bits per heavy atom. The Hall–Kier alpha value is -8.21. The number of rotatable bonds is 5. The number of nitrogens with zero attached hydrogens (tertiary/aromatic N) is 3. The van der Waals surface area contributed by atoms with Gasteiger partial charge in [-0.1, -0.05) is 164 Å². The molecule has 0 saturated carbocycles. The van der Waals surface area contributed by atoms with E-state index in [1.165, 1.54) is 49.4 Å². The van der Waals surface area contributed by atoms with Gasteiger partial charge in [0.05, 0.1) is 0 Å². The normalized spacial score (nSPS) is 13.7. The van der Waals surface area contributed by atoms with Crippen molar-refractivity contribution in [3.63, 3.8) is 0 Å². The molecule has 300 valence electrons. The fraction of sp³-hybridized carbons (Fsp3) is 0.0500. The van der Waals surface area contributed by atoms with Gasteiger partial charge in [0.25, 0.3) is 0 Å². The summed E-state index contributed by atoms with van der Waals surface area (Å²) in [5, 5.41) is 9.26. The molecule has 64 heavy (non-hydrogen) atoms. The Morgan fingerprint density at radius 1 is 0.391 bits per heavy atom. The molecule has 0 saturated heterocycles. The average molecular weight is 818 g/mol. The quantitative estimate of drug-likeness (QED) is 0.174. The second kappa shape index (κ2) is 14.7. The molecular weight excluding hydrogens is 779 g/mol. The predicted molar refractivity (Wildman–Crippen MR) is 263 cm³/mol. The van der Waals surface area contributed by atoms with Gasteiger partial charge in [0.15, 0.2) is 17.5 Å². The van der Waals surface area contributed by atoms with Crippen LogP contribution < -0.4 is 0 Å². The maximum absolute atomic E-state index is 7.09. The zero-order valence-electron chi connectivity index (χ0n) is 34.9. The minimum atomic E-state index is 0.0562. The van der Waals surface area contributed by atoms with Gasteiger partial charge in [-0.3, -0.25) is 0 Å². The highest BCUT2D eigenvalue weighted by atomic mass is 16.3. The second-order valence-electron chi connectivity index (χ2n) is 17.1. The van der Waals surface area contributed by atoms with E-state index < -0.39 is 0 Å². The first-order chi connectivity index (χ1) is 31.7. The van der Waals surface area contributed by atoms with Gasteiger partial charge in [-0.25, -0.2) is 15.0 Å². The Balaban J connectivity index is 1.08. The second-order valence-corrected chi connectivity index (χ2v) is 17.1. The van der Waals surface area contributed by atoms with E-state index in [0.29, 0.717) is 17.5 Å². The van der Waals surface area contributed by atoms with E-state index in [2.05, 4.69) is 182 Å². The van der Waals surface area contributed by atoms with Crippen LogP contribution in [0.1, 0.15) is 29.0 Å². The van der Waals surface area contributed by atoms with Crippen LogP contribution in [-0.2, 0) is 6.42 Å². The Labute approximate surface area is 370 Å². The van der Waals surface area contributed by atoms with E-state index in [1.54, 1.807) is 0 Å². The largest absolute Gasteiger partial charge is 0.455 e. The first-order valence-electron chi connectivity index (χ1n) is 22.1. The molecule has 0 bridgehead atoms. The molecule has 2 heterocycles. The summed E-state index contributed by atoms with van der Waals surface area (Å²) in [6, 6.07) is 73.9. The van der Waals surface area contributed by atoms with Gasteiger partial charge in [-0.2, -0.15) is 0 Å². The first-order valence-corrected chi connectivity index (χ1v) is 22.1. The van der Waals surface area contributed by atoms with Gasteiger partial charge < -0.3 is 4.42 Å². The molecule has 1 aliphatic rings. The summed E-state index contributed by atoms with van der Waals surface area (Å²) in [4.78, 5) is 16.0. The SMILES string of the molecule is c1ccc(-c2cccc(-c3nc(-c4ccccc4)nc(-c4cc(C5CCc6cc7ccccc7cc6-c6cc7ccccc7cc65)cc5oc6c7ccccc7ccc6c45)n3)c2)cc1. The molecule has 1 unspecified atom stereocenters. The van der Waals surface area contributed by atoms with Crippen molar-refractivity contribution in [2.75, 3.05) is 0 Å². The third kappa shape index (κ3) is 6.10. The van der Waals surface area contributed by atoms with Crippen molar-refractivity contribution in [3.05, 3.63) is 223 Å². The van der Waals surface area contributed by atoms with Gasteiger partial charge in [0.2, 0.25) is 0 Å². The average Bonchev–Trinajstić information content (AvgIpc) is 3.68. The molecule has 4 nitrogen and oxygen atoms in total. The van der Waals surface area contributed by atoms with Crippen molar-refractivity contribution in [1.82, 2.24) is 15.0 Å². The molecule has 13 rings (SSSR count). The van der Waals surface area contributed by atoms with E-state index in [1.807, 2.05) is 24.3 Å². The smallest absolute Gasteiger partial charge is 0.164 e. The standard InChI is InChI=1S/C60H39N3O/c1-3-14-37(15-4-1)40-23-13-24-46(31-40)59-61-58(39-17-5-2-6-18-39)62-60(63-59)54-35-47(36-55-56(54)50-29-26-38-16-11-12-25-49(38)57(50)64-55)48-28-27-45-30-41-19-7-8-20-42(41)32-51(45)53-34-44-22-10-9-21-43(44)33-52(48)53/h1-26,29-36,48H,27-28H2. The molecule has 0 aliphatic heterocycles. The van der Waals surface area contributed by atoms with Crippen LogP contribution in [-0.4, -0.2) is 15.0 Å². The Kier molecular flexibility index (Phi) is 8.38. The highest BCUT2D eigenvalue weighted by Crippen LogP contribution is 2.47. The summed E-state index contributed by atoms with van der Waals surface area (Å²) >= 11 is 0. The summed E-state index contributed by atoms with van der Waals surface area (Å²) in [5.41, 5.74) is 13.2. The summed E-state index contributed by atoms with van der Waals surface area (Å²) in [6.45, 7) is 0. The van der Waals surface area contributed by atoms with Gasteiger partial charge in [0.1, 0.15) is 11.2 Å². The van der Waals surface area contributed by atoms with Gasteiger partial charge in [0, 0.05) is 38.8 Å². The fourth-order valence-corrected chi connectivity index (χ4v) is 10.2. The topological polar surface area (TPSA) is 51.8 Å². The molecule has 0 radical (unpaired) electrons. The lowest BCUT2D eigenvalue weighted by molar-refractivity contribution is 0.668. The summed E-state index contributed by atoms with van der Waals surface area (Å²) in [5.74, 6) is 1.91. The molecule has 0 spiro atoms. The number of hydrogen-bond acceptors (Lipinski definition) is 4. The number of hydrogen-bond donors (Lipinski definition) is 0. The molecule has 12 aromatic rings. The van der Waals surface area contributed by atoms with Crippen LogP contribution >= 0.6 is 0 Å². The van der Waals surface area contributed by atoms with E-state index >= 15 is 0 Å². The monoisotopic (exact) mass is 817 g/mol. The Morgan fingerprint density at radius 3 is 1.75 bits per heavy atom. The van der Waals surface area contributed by atoms with Crippen LogP contribution in [0.5, 0.6) is 0 Å². The highest BCUT2D eigenvalue weighted by molar-refractivity contribution is 6.19. The van der Waals surface area contributed by atoms with Crippen LogP contribution in [0, 0.1) is 0 Å². The lowest BCUT2D eigenvalue weighted by Crippen LogP contribution is -2.05. The van der Waals surface area contributed by atoms with E-state index in [4.69, 9.17) is 19.4 Å².